The summed E-state index contributed by atoms with van der Waals surface area (Å²) < 4.78 is 0. The molecule has 1 aromatic heterocycles. The van der Waals surface area contributed by atoms with Crippen molar-refractivity contribution in [3.8, 4) is 0 Å². The second-order valence-electron chi connectivity index (χ2n) is 3.84. The van der Waals surface area contributed by atoms with Crippen LogP contribution in [-0.2, 0) is 6.54 Å². The third-order valence-corrected chi connectivity index (χ3v) is 5.24. The van der Waals surface area contributed by atoms with Crippen LogP contribution in [0.25, 0.3) is 0 Å². The van der Waals surface area contributed by atoms with Crippen molar-refractivity contribution in [1.82, 2.24) is 4.98 Å². The molecule has 0 radical (unpaired) electrons. The molecule has 3 nitrogen and oxygen atoms in total. The first-order valence-corrected chi connectivity index (χ1v) is 7.16. The number of nitrogens with zero attached hydrogens (tertiary/aromatic N) is 2. The first kappa shape index (κ1) is 11.2. The molecule has 1 fully saturated rings. The molecular weight excluding hydrogens is 226 g/mol. The fraction of sp³-hybridized carbons (Fsp3) is 0.700. The average molecular weight is 243 g/mol. The maximum absolute atomic E-state index is 5.67. The van der Waals surface area contributed by atoms with E-state index in [9.17, 15) is 0 Å². The average Bonchev–Trinajstić information content (AvgIpc) is 2.85. The van der Waals surface area contributed by atoms with Crippen LogP contribution in [0.15, 0.2) is 0 Å². The van der Waals surface area contributed by atoms with Gasteiger partial charge in [0.1, 0.15) is 0 Å². The largest absolute Gasteiger partial charge is 0.347 e. The third kappa shape index (κ3) is 2.29. The lowest BCUT2D eigenvalue weighted by atomic mass is 10.2. The van der Waals surface area contributed by atoms with Gasteiger partial charge in [-0.25, -0.2) is 4.98 Å². The number of aromatic nitrogens is 1. The van der Waals surface area contributed by atoms with E-state index in [2.05, 4.69) is 16.9 Å². The molecule has 1 aliphatic rings. The SMILES string of the molecule is Cc1nc(N(C)C2CCSC2)sc1CN. The quantitative estimate of drug-likeness (QED) is 0.880. The Morgan fingerprint density at radius 1 is 1.60 bits per heavy atom. The van der Waals surface area contributed by atoms with Gasteiger partial charge in [-0.1, -0.05) is 0 Å². The molecule has 1 saturated heterocycles. The fourth-order valence-electron chi connectivity index (χ4n) is 1.74. The summed E-state index contributed by atoms with van der Waals surface area (Å²) in [4.78, 5) is 8.11. The van der Waals surface area contributed by atoms with Crippen LogP contribution in [0.5, 0.6) is 0 Å². The minimum atomic E-state index is 0.608. The fourth-order valence-corrected chi connectivity index (χ4v) is 3.98. The molecule has 1 aliphatic heterocycles. The van der Waals surface area contributed by atoms with Crippen LogP contribution in [0.3, 0.4) is 0 Å². The lowest BCUT2D eigenvalue weighted by Crippen LogP contribution is -2.31. The summed E-state index contributed by atoms with van der Waals surface area (Å²) in [7, 11) is 2.15. The van der Waals surface area contributed by atoms with E-state index in [0.29, 0.717) is 12.6 Å². The van der Waals surface area contributed by atoms with Crippen LogP contribution in [0.1, 0.15) is 17.0 Å². The van der Waals surface area contributed by atoms with Gasteiger partial charge in [0.2, 0.25) is 0 Å². The van der Waals surface area contributed by atoms with E-state index >= 15 is 0 Å². The first-order chi connectivity index (χ1) is 7.22. The van der Waals surface area contributed by atoms with Gasteiger partial charge < -0.3 is 10.6 Å². The van der Waals surface area contributed by atoms with Gasteiger partial charge in [-0.05, 0) is 19.1 Å². The van der Waals surface area contributed by atoms with Crippen molar-refractivity contribution in [2.45, 2.75) is 25.9 Å². The van der Waals surface area contributed by atoms with Crippen molar-refractivity contribution in [3.05, 3.63) is 10.6 Å². The molecule has 0 aliphatic carbocycles. The lowest BCUT2D eigenvalue weighted by Gasteiger charge is -2.22. The Balaban J connectivity index is 2.13. The predicted octanol–water partition coefficient (Wildman–Crippen LogP) is 1.85. The highest BCUT2D eigenvalue weighted by Gasteiger charge is 2.22. The van der Waals surface area contributed by atoms with Gasteiger partial charge in [-0.2, -0.15) is 11.8 Å². The van der Waals surface area contributed by atoms with Crippen molar-refractivity contribution < 1.29 is 0 Å². The van der Waals surface area contributed by atoms with Crippen LogP contribution in [0.2, 0.25) is 0 Å². The second-order valence-corrected chi connectivity index (χ2v) is 6.05. The van der Waals surface area contributed by atoms with Crippen molar-refractivity contribution in [2.24, 2.45) is 5.73 Å². The molecule has 2 N–H and O–H groups in total. The molecule has 5 heteroatoms. The first-order valence-electron chi connectivity index (χ1n) is 5.19. The number of nitrogens with two attached hydrogens (primary N) is 1. The maximum atomic E-state index is 5.67. The molecule has 0 aromatic carbocycles. The van der Waals surface area contributed by atoms with Gasteiger partial charge in [-0.15, -0.1) is 11.3 Å². The zero-order valence-electron chi connectivity index (χ0n) is 9.19. The molecule has 0 amide bonds. The Kier molecular flexibility index (Phi) is 3.53. The number of rotatable bonds is 3. The van der Waals surface area contributed by atoms with Crippen LogP contribution >= 0.6 is 23.1 Å². The van der Waals surface area contributed by atoms with E-state index in [-0.39, 0.29) is 0 Å². The Labute approximate surface area is 99.1 Å². The van der Waals surface area contributed by atoms with E-state index in [1.54, 1.807) is 11.3 Å². The van der Waals surface area contributed by atoms with Crippen LogP contribution in [0, 0.1) is 6.92 Å². The second kappa shape index (κ2) is 4.72. The number of hydrogen-bond acceptors (Lipinski definition) is 5. The monoisotopic (exact) mass is 243 g/mol. The summed E-state index contributed by atoms with van der Waals surface area (Å²) in [5.41, 5.74) is 6.76. The Hall–Kier alpha value is -0.260. The predicted molar refractivity (Wildman–Crippen MR) is 68.9 cm³/mol. The number of anilines is 1. The molecular formula is C10H17N3S2. The highest BCUT2D eigenvalue weighted by atomic mass is 32.2. The molecule has 0 bridgehead atoms. The molecule has 0 spiro atoms. The van der Waals surface area contributed by atoms with Crippen LogP contribution in [-0.4, -0.2) is 29.6 Å². The summed E-state index contributed by atoms with van der Waals surface area (Å²) in [5.74, 6) is 2.51. The standard InChI is InChI=1S/C10H17N3S2/c1-7-9(5-11)15-10(12-7)13(2)8-3-4-14-6-8/h8H,3-6,11H2,1-2H3. The summed E-state index contributed by atoms with van der Waals surface area (Å²) in [6.45, 7) is 2.65. The van der Waals surface area contributed by atoms with E-state index in [4.69, 9.17) is 5.73 Å². The normalized spacial score (nSPS) is 20.9. The van der Waals surface area contributed by atoms with Gasteiger partial charge in [0.05, 0.1) is 5.69 Å². The van der Waals surface area contributed by atoms with Crippen molar-refractivity contribution in [3.63, 3.8) is 0 Å². The minimum absolute atomic E-state index is 0.608. The van der Waals surface area contributed by atoms with Gasteiger partial charge in [0.25, 0.3) is 0 Å². The molecule has 84 valence electrons. The lowest BCUT2D eigenvalue weighted by molar-refractivity contribution is 0.697. The van der Waals surface area contributed by atoms with E-state index in [1.807, 2.05) is 18.7 Å². The van der Waals surface area contributed by atoms with E-state index in [1.165, 1.54) is 22.8 Å². The van der Waals surface area contributed by atoms with Gasteiger partial charge in [0, 0.05) is 30.3 Å². The molecule has 2 heterocycles. The Bertz CT molecular complexity index is 331. The summed E-state index contributed by atoms with van der Waals surface area (Å²) in [6, 6.07) is 0.658. The highest BCUT2D eigenvalue weighted by molar-refractivity contribution is 7.99. The molecule has 1 aromatic rings. The van der Waals surface area contributed by atoms with Crippen molar-refractivity contribution >= 4 is 28.2 Å². The number of thiazole rings is 1. The van der Waals surface area contributed by atoms with Crippen molar-refractivity contribution in [2.75, 3.05) is 23.5 Å². The third-order valence-electron chi connectivity index (χ3n) is 2.82. The minimum Gasteiger partial charge on any atom is -0.347 e. The summed E-state index contributed by atoms with van der Waals surface area (Å²) >= 11 is 3.77. The van der Waals surface area contributed by atoms with Gasteiger partial charge in [0.15, 0.2) is 5.13 Å². The van der Waals surface area contributed by atoms with E-state index in [0.717, 1.165) is 10.8 Å². The van der Waals surface area contributed by atoms with E-state index < -0.39 is 0 Å². The summed E-state index contributed by atoms with van der Waals surface area (Å²) in [5, 5.41) is 1.13. The Morgan fingerprint density at radius 2 is 2.40 bits per heavy atom. The number of thioether (sulfide) groups is 1. The molecule has 15 heavy (non-hydrogen) atoms. The maximum Gasteiger partial charge on any atom is 0.185 e. The van der Waals surface area contributed by atoms with Crippen molar-refractivity contribution in [1.29, 1.82) is 0 Å². The molecule has 1 atom stereocenters. The molecule has 0 saturated carbocycles. The van der Waals surface area contributed by atoms with Gasteiger partial charge >= 0.3 is 0 Å². The molecule has 2 rings (SSSR count). The molecule has 1 unspecified atom stereocenters. The van der Waals surface area contributed by atoms with Crippen LogP contribution < -0.4 is 10.6 Å². The van der Waals surface area contributed by atoms with Gasteiger partial charge in [-0.3, -0.25) is 0 Å². The Morgan fingerprint density at radius 3 is 2.93 bits per heavy atom. The number of aryl methyl sites for hydroxylation is 1. The summed E-state index contributed by atoms with van der Waals surface area (Å²) in [6.07, 6.45) is 1.28. The zero-order chi connectivity index (χ0) is 10.8. The number of hydrogen-bond donors (Lipinski definition) is 1. The highest BCUT2D eigenvalue weighted by Crippen LogP contribution is 2.30. The van der Waals surface area contributed by atoms with Crippen LogP contribution in [0.4, 0.5) is 5.13 Å². The topological polar surface area (TPSA) is 42.2 Å². The smallest absolute Gasteiger partial charge is 0.185 e. The zero-order valence-corrected chi connectivity index (χ0v) is 10.8.